The summed E-state index contributed by atoms with van der Waals surface area (Å²) in [6, 6.07) is 0. The van der Waals surface area contributed by atoms with Crippen molar-refractivity contribution in [1.29, 1.82) is 0 Å². The molecule has 0 aliphatic heterocycles. The van der Waals surface area contributed by atoms with E-state index in [0.717, 1.165) is 5.92 Å². The minimum Gasteiger partial charge on any atom is -0.0730 e. The Morgan fingerprint density at radius 2 is 2.00 bits per heavy atom. The summed E-state index contributed by atoms with van der Waals surface area (Å²) in [7, 11) is 0. The molecule has 0 heterocycles. The molecule has 0 bridgehead atoms. The van der Waals surface area contributed by atoms with E-state index < -0.39 is 0 Å². The zero-order valence-corrected chi connectivity index (χ0v) is 10.7. The quantitative estimate of drug-likeness (QED) is 0.556. The van der Waals surface area contributed by atoms with Gasteiger partial charge in [0.15, 0.2) is 0 Å². The van der Waals surface area contributed by atoms with Gasteiger partial charge < -0.3 is 0 Å². The largest absolute Gasteiger partial charge is 0.0730 e. The van der Waals surface area contributed by atoms with Crippen molar-refractivity contribution in [3.8, 4) is 0 Å². The summed E-state index contributed by atoms with van der Waals surface area (Å²) in [4.78, 5) is 0. The van der Waals surface area contributed by atoms with Gasteiger partial charge in [0.1, 0.15) is 0 Å². The van der Waals surface area contributed by atoms with Gasteiger partial charge in [0.2, 0.25) is 0 Å². The second-order valence-electron chi connectivity index (χ2n) is 4.96. The first-order valence-corrected chi connectivity index (χ1v) is 6.61. The average Bonchev–Trinajstić information content (AvgIpc) is 2.27. The number of rotatable bonds is 6. The van der Waals surface area contributed by atoms with Gasteiger partial charge >= 0.3 is 0 Å². The van der Waals surface area contributed by atoms with Crippen LogP contribution in [0.2, 0.25) is 0 Å². The van der Waals surface area contributed by atoms with Gasteiger partial charge in [0.05, 0.1) is 0 Å². The lowest BCUT2D eigenvalue weighted by atomic mass is 9.87. The van der Waals surface area contributed by atoms with Gasteiger partial charge in [-0.2, -0.15) is 0 Å². The van der Waals surface area contributed by atoms with Crippen molar-refractivity contribution in [2.75, 3.05) is 0 Å². The van der Waals surface area contributed by atoms with Gasteiger partial charge in [-0.15, -0.1) is 0 Å². The van der Waals surface area contributed by atoms with Crippen molar-refractivity contribution in [2.45, 2.75) is 65.7 Å². The van der Waals surface area contributed by atoms with Crippen LogP contribution in [0.3, 0.4) is 0 Å². The molecule has 0 spiro atoms. The molecule has 0 fully saturated rings. The van der Waals surface area contributed by atoms with Crippen LogP contribution < -0.4 is 0 Å². The number of unbranched alkanes of at least 4 members (excludes halogenated alkanes) is 1. The highest BCUT2D eigenvalue weighted by Crippen LogP contribution is 2.27. The summed E-state index contributed by atoms with van der Waals surface area (Å²) in [6.45, 7) is 6.87. The number of allylic oxidation sites excluding steroid dienone is 4. The van der Waals surface area contributed by atoms with Gasteiger partial charge in [-0.25, -0.2) is 0 Å². The molecule has 0 aromatic rings. The Balaban J connectivity index is 2.38. The average molecular weight is 206 g/mol. The van der Waals surface area contributed by atoms with Crippen LogP contribution in [0.15, 0.2) is 23.3 Å². The fourth-order valence-corrected chi connectivity index (χ4v) is 2.27. The van der Waals surface area contributed by atoms with Crippen LogP contribution >= 0.6 is 0 Å². The second-order valence-corrected chi connectivity index (χ2v) is 4.96. The molecule has 0 heteroatoms. The van der Waals surface area contributed by atoms with Crippen molar-refractivity contribution in [1.82, 2.24) is 0 Å². The van der Waals surface area contributed by atoms with Gasteiger partial charge in [-0.05, 0) is 32.1 Å². The predicted molar refractivity (Wildman–Crippen MR) is 69.0 cm³/mol. The first-order chi connectivity index (χ1) is 7.26. The smallest absolute Gasteiger partial charge is 0.0280 e. The van der Waals surface area contributed by atoms with E-state index in [9.17, 15) is 0 Å². The predicted octanol–water partition coefficient (Wildman–Crippen LogP) is 5.26. The van der Waals surface area contributed by atoms with E-state index in [1.165, 1.54) is 44.9 Å². The number of hydrogen-bond acceptors (Lipinski definition) is 0. The lowest BCUT2D eigenvalue weighted by molar-refractivity contribution is 0.442. The van der Waals surface area contributed by atoms with Crippen molar-refractivity contribution >= 4 is 0 Å². The van der Waals surface area contributed by atoms with E-state index in [4.69, 9.17) is 0 Å². The monoisotopic (exact) mass is 206 g/mol. The fourth-order valence-electron chi connectivity index (χ4n) is 2.27. The van der Waals surface area contributed by atoms with Crippen molar-refractivity contribution in [3.63, 3.8) is 0 Å². The summed E-state index contributed by atoms with van der Waals surface area (Å²) in [5.41, 5.74) is 3.23. The van der Waals surface area contributed by atoms with Gasteiger partial charge in [-0.3, -0.25) is 0 Å². The highest BCUT2D eigenvalue weighted by Gasteiger charge is 2.10. The Kier molecular flexibility index (Phi) is 5.75. The molecule has 0 aromatic carbocycles. The topological polar surface area (TPSA) is 0 Å². The zero-order chi connectivity index (χ0) is 11.1. The maximum Gasteiger partial charge on any atom is -0.0280 e. The van der Waals surface area contributed by atoms with E-state index in [1.54, 1.807) is 11.1 Å². The van der Waals surface area contributed by atoms with Crippen LogP contribution in [0.5, 0.6) is 0 Å². The molecule has 0 saturated carbocycles. The molecule has 15 heavy (non-hydrogen) atoms. The van der Waals surface area contributed by atoms with Gasteiger partial charge in [0.25, 0.3) is 0 Å². The molecule has 1 aliphatic rings. The van der Waals surface area contributed by atoms with E-state index in [0.29, 0.717) is 0 Å². The normalized spacial score (nSPS) is 18.3. The first kappa shape index (κ1) is 12.5. The van der Waals surface area contributed by atoms with Crippen LogP contribution in [0.1, 0.15) is 65.7 Å². The zero-order valence-electron chi connectivity index (χ0n) is 10.7. The molecular weight excluding hydrogens is 180 g/mol. The Morgan fingerprint density at radius 3 is 2.53 bits per heavy atom. The number of hydrogen-bond donors (Lipinski definition) is 0. The molecule has 1 aliphatic carbocycles. The van der Waals surface area contributed by atoms with Crippen LogP contribution in [-0.4, -0.2) is 0 Å². The van der Waals surface area contributed by atoms with E-state index >= 15 is 0 Å². The molecule has 1 rings (SSSR count). The minimum atomic E-state index is 0.933. The van der Waals surface area contributed by atoms with E-state index in [2.05, 4.69) is 32.9 Å². The molecule has 0 amide bonds. The molecular formula is C15H26. The maximum atomic E-state index is 2.37. The Bertz CT molecular complexity index is 232. The molecule has 0 radical (unpaired) electrons. The molecule has 1 unspecified atom stereocenters. The molecule has 0 aromatic heterocycles. The second kappa shape index (κ2) is 6.87. The third-order valence-corrected chi connectivity index (χ3v) is 3.54. The molecule has 0 nitrogen and oxygen atoms in total. The van der Waals surface area contributed by atoms with Gasteiger partial charge in [0, 0.05) is 0 Å². The fraction of sp³-hybridized carbons (Fsp3) is 0.733. The van der Waals surface area contributed by atoms with E-state index in [1.807, 2.05) is 0 Å². The summed E-state index contributed by atoms with van der Waals surface area (Å²) in [5.74, 6) is 0.933. The Labute approximate surface area is 95.5 Å². The third-order valence-electron chi connectivity index (χ3n) is 3.54. The van der Waals surface area contributed by atoms with Gasteiger partial charge in [-0.1, -0.05) is 62.8 Å². The minimum absolute atomic E-state index is 0.933. The van der Waals surface area contributed by atoms with Crippen molar-refractivity contribution in [3.05, 3.63) is 23.3 Å². The van der Waals surface area contributed by atoms with Crippen molar-refractivity contribution < 1.29 is 0 Å². The highest BCUT2D eigenvalue weighted by atomic mass is 14.2. The maximum absolute atomic E-state index is 2.37. The summed E-state index contributed by atoms with van der Waals surface area (Å²) >= 11 is 0. The summed E-state index contributed by atoms with van der Waals surface area (Å²) < 4.78 is 0. The first-order valence-electron chi connectivity index (χ1n) is 6.61. The highest BCUT2D eigenvalue weighted by molar-refractivity contribution is 5.22. The third kappa shape index (κ3) is 4.68. The standard InChI is InChI=1S/C15H26/c1-4-6-7-14(5-2)12-15-10-8-13(3)9-11-15/h8,10,14H,4-7,9,11-12H2,1-3H3. The van der Waals surface area contributed by atoms with Crippen LogP contribution in [-0.2, 0) is 0 Å². The Hall–Kier alpha value is -0.520. The lowest BCUT2D eigenvalue weighted by Gasteiger charge is -2.18. The molecule has 1 atom stereocenters. The molecule has 86 valence electrons. The summed E-state index contributed by atoms with van der Waals surface area (Å²) in [5, 5.41) is 0. The molecule has 0 saturated heterocycles. The van der Waals surface area contributed by atoms with Crippen LogP contribution in [0, 0.1) is 5.92 Å². The summed E-state index contributed by atoms with van der Waals surface area (Å²) in [6.07, 6.45) is 14.1. The molecule has 0 N–H and O–H groups in total. The van der Waals surface area contributed by atoms with Crippen LogP contribution in [0.25, 0.3) is 0 Å². The lowest BCUT2D eigenvalue weighted by Crippen LogP contribution is -2.02. The Morgan fingerprint density at radius 1 is 1.20 bits per heavy atom. The van der Waals surface area contributed by atoms with E-state index in [-0.39, 0.29) is 0 Å². The van der Waals surface area contributed by atoms with Crippen LogP contribution in [0.4, 0.5) is 0 Å². The van der Waals surface area contributed by atoms with Crippen molar-refractivity contribution in [2.24, 2.45) is 5.92 Å². The SMILES string of the molecule is CCCCC(CC)CC1=CC=C(C)CC1.